The zero-order chi connectivity index (χ0) is 16.2. The van der Waals surface area contributed by atoms with Gasteiger partial charge in [0.2, 0.25) is 0 Å². The zero-order valence-electron chi connectivity index (χ0n) is 11.6. The van der Waals surface area contributed by atoms with Gasteiger partial charge in [0.15, 0.2) is 0 Å². The lowest BCUT2D eigenvalue weighted by Gasteiger charge is -2.03. The quantitative estimate of drug-likeness (QED) is 0.609. The molecular weight excluding hydrogens is 428 g/mol. The van der Waals surface area contributed by atoms with E-state index in [2.05, 4.69) is 57.8 Å². The maximum atomic E-state index is 9.71. The molecule has 0 saturated carbocycles. The SMILES string of the molecule is Oc1c(Br)cc(C=Nn2nnnc2Nc2ccccc2)cc1Br. The number of halogens is 2. The van der Waals surface area contributed by atoms with E-state index in [0.717, 1.165) is 11.3 Å². The summed E-state index contributed by atoms with van der Waals surface area (Å²) >= 11 is 6.55. The highest BCUT2D eigenvalue weighted by molar-refractivity contribution is 9.11. The number of phenols is 1. The van der Waals surface area contributed by atoms with Crippen LogP contribution in [-0.2, 0) is 0 Å². The Morgan fingerprint density at radius 3 is 2.52 bits per heavy atom. The topological polar surface area (TPSA) is 88.2 Å². The molecule has 2 aromatic carbocycles. The largest absolute Gasteiger partial charge is 0.506 e. The van der Waals surface area contributed by atoms with Gasteiger partial charge in [0.25, 0.3) is 5.95 Å². The Hall–Kier alpha value is -2.26. The number of para-hydroxylation sites is 1. The zero-order valence-corrected chi connectivity index (χ0v) is 14.7. The van der Waals surface area contributed by atoms with Crippen LogP contribution in [0.2, 0.25) is 0 Å². The monoisotopic (exact) mass is 436 g/mol. The van der Waals surface area contributed by atoms with Gasteiger partial charge in [-0.15, -0.1) is 0 Å². The molecule has 3 rings (SSSR count). The van der Waals surface area contributed by atoms with Crippen molar-refractivity contribution in [3.8, 4) is 5.75 Å². The summed E-state index contributed by atoms with van der Waals surface area (Å²) in [6.45, 7) is 0. The molecule has 0 spiro atoms. The van der Waals surface area contributed by atoms with Gasteiger partial charge in [0.1, 0.15) is 5.75 Å². The van der Waals surface area contributed by atoms with E-state index < -0.39 is 0 Å². The van der Waals surface area contributed by atoms with Gasteiger partial charge >= 0.3 is 0 Å². The summed E-state index contributed by atoms with van der Waals surface area (Å²) in [5.74, 6) is 0.528. The molecule has 0 aliphatic rings. The normalized spacial score (nSPS) is 11.0. The predicted molar refractivity (Wildman–Crippen MR) is 94.0 cm³/mol. The molecule has 0 bridgehead atoms. The first kappa shape index (κ1) is 15.6. The first-order valence-electron chi connectivity index (χ1n) is 6.46. The number of anilines is 2. The lowest BCUT2D eigenvalue weighted by Crippen LogP contribution is -2.01. The van der Waals surface area contributed by atoms with Gasteiger partial charge in [-0.05, 0) is 72.1 Å². The minimum absolute atomic E-state index is 0.135. The van der Waals surface area contributed by atoms with E-state index >= 15 is 0 Å². The summed E-state index contributed by atoms with van der Waals surface area (Å²) in [5, 5.41) is 28.3. The molecule has 0 unspecified atom stereocenters. The first-order valence-corrected chi connectivity index (χ1v) is 8.05. The van der Waals surface area contributed by atoms with Crippen LogP contribution < -0.4 is 5.32 Å². The van der Waals surface area contributed by atoms with Crippen LogP contribution >= 0.6 is 31.9 Å². The molecule has 2 N–H and O–H groups in total. The van der Waals surface area contributed by atoms with E-state index in [9.17, 15) is 5.11 Å². The molecule has 0 radical (unpaired) electrons. The Labute approximate surface area is 148 Å². The molecule has 3 aromatic rings. The standard InChI is InChI=1S/C14H10Br2N6O/c15-11-6-9(7-12(16)13(11)23)8-17-22-14(19-20-21-22)18-10-4-2-1-3-5-10/h1-8,23H,(H,18,19,21). The lowest BCUT2D eigenvalue weighted by molar-refractivity contribution is 0.468. The summed E-state index contributed by atoms with van der Waals surface area (Å²) < 4.78 is 1.13. The number of nitrogens with zero attached hydrogens (tertiary/aromatic N) is 5. The van der Waals surface area contributed by atoms with Gasteiger partial charge in [0.05, 0.1) is 15.2 Å². The van der Waals surface area contributed by atoms with Crippen LogP contribution in [0.4, 0.5) is 11.6 Å². The van der Waals surface area contributed by atoms with Crippen molar-refractivity contribution < 1.29 is 5.11 Å². The number of hydrogen-bond donors (Lipinski definition) is 2. The van der Waals surface area contributed by atoms with Gasteiger partial charge in [-0.1, -0.05) is 28.1 Å². The Kier molecular flexibility index (Phi) is 4.68. The molecule has 1 heterocycles. The Morgan fingerprint density at radius 2 is 1.83 bits per heavy atom. The minimum Gasteiger partial charge on any atom is -0.506 e. The van der Waals surface area contributed by atoms with Gasteiger partial charge in [-0.2, -0.15) is 5.10 Å². The van der Waals surface area contributed by atoms with E-state index in [-0.39, 0.29) is 5.75 Å². The van der Waals surface area contributed by atoms with Gasteiger partial charge in [-0.25, -0.2) is 0 Å². The number of aromatic nitrogens is 4. The van der Waals surface area contributed by atoms with Crippen LogP contribution in [0.1, 0.15) is 5.56 Å². The predicted octanol–water partition coefficient (Wildman–Crippen LogP) is 3.53. The molecule has 0 fully saturated rings. The summed E-state index contributed by atoms with van der Waals surface area (Å²) in [5.41, 5.74) is 1.62. The molecular formula is C14H10Br2N6O. The van der Waals surface area contributed by atoms with Crippen molar-refractivity contribution in [3.05, 3.63) is 57.0 Å². The van der Waals surface area contributed by atoms with Crippen molar-refractivity contribution >= 4 is 49.7 Å². The van der Waals surface area contributed by atoms with E-state index in [4.69, 9.17) is 0 Å². The third kappa shape index (κ3) is 3.74. The van der Waals surface area contributed by atoms with Crippen LogP contribution in [0.3, 0.4) is 0 Å². The number of hydrogen-bond acceptors (Lipinski definition) is 6. The Bertz CT molecular complexity index is 826. The maximum absolute atomic E-state index is 9.71. The highest BCUT2D eigenvalue weighted by atomic mass is 79.9. The summed E-state index contributed by atoms with van der Waals surface area (Å²) in [6.07, 6.45) is 1.58. The molecule has 0 aliphatic carbocycles. The molecule has 116 valence electrons. The second-order valence-electron chi connectivity index (χ2n) is 4.46. The average Bonchev–Trinajstić information content (AvgIpc) is 2.98. The fourth-order valence-electron chi connectivity index (χ4n) is 1.77. The van der Waals surface area contributed by atoms with Crippen LogP contribution in [0.5, 0.6) is 5.75 Å². The number of rotatable bonds is 4. The summed E-state index contributed by atoms with van der Waals surface area (Å²) in [7, 11) is 0. The molecule has 9 heteroatoms. The van der Waals surface area contributed by atoms with Gasteiger partial charge in [0, 0.05) is 5.69 Å². The number of benzene rings is 2. The molecule has 1 aromatic heterocycles. The van der Waals surface area contributed by atoms with Crippen molar-refractivity contribution in [2.24, 2.45) is 5.10 Å². The molecule has 0 saturated heterocycles. The fourth-order valence-corrected chi connectivity index (χ4v) is 2.99. The molecule has 0 aliphatic heterocycles. The Balaban J connectivity index is 1.83. The number of phenolic OH excluding ortho intramolecular Hbond substituents is 1. The smallest absolute Gasteiger partial charge is 0.269 e. The van der Waals surface area contributed by atoms with Crippen LogP contribution in [0.15, 0.2) is 56.5 Å². The minimum atomic E-state index is 0.135. The third-order valence-electron chi connectivity index (χ3n) is 2.84. The second kappa shape index (κ2) is 6.88. The number of nitrogens with one attached hydrogen (secondary N) is 1. The molecule has 7 nitrogen and oxygen atoms in total. The third-order valence-corrected chi connectivity index (χ3v) is 4.05. The van der Waals surface area contributed by atoms with Crippen molar-refractivity contribution in [2.45, 2.75) is 0 Å². The van der Waals surface area contributed by atoms with E-state index in [1.807, 2.05) is 30.3 Å². The van der Waals surface area contributed by atoms with Crippen molar-refractivity contribution in [1.82, 2.24) is 20.3 Å². The number of tetrazole rings is 1. The van der Waals surface area contributed by atoms with E-state index in [1.54, 1.807) is 18.3 Å². The first-order chi connectivity index (χ1) is 11.1. The number of aromatic hydroxyl groups is 1. The summed E-state index contributed by atoms with van der Waals surface area (Å²) in [4.78, 5) is 1.28. The van der Waals surface area contributed by atoms with Crippen molar-refractivity contribution in [1.29, 1.82) is 0 Å². The highest BCUT2D eigenvalue weighted by Crippen LogP contribution is 2.32. The van der Waals surface area contributed by atoms with E-state index in [0.29, 0.717) is 14.9 Å². The fraction of sp³-hybridized carbons (Fsp3) is 0. The van der Waals surface area contributed by atoms with Crippen molar-refractivity contribution in [3.63, 3.8) is 0 Å². The van der Waals surface area contributed by atoms with E-state index in [1.165, 1.54) is 4.79 Å². The molecule has 0 atom stereocenters. The Morgan fingerprint density at radius 1 is 1.13 bits per heavy atom. The van der Waals surface area contributed by atoms with Crippen LogP contribution in [-0.4, -0.2) is 31.6 Å². The lowest BCUT2D eigenvalue weighted by atomic mass is 10.2. The summed E-state index contributed by atoms with van der Waals surface area (Å²) in [6, 6.07) is 13.0. The highest BCUT2D eigenvalue weighted by Gasteiger charge is 2.06. The average molecular weight is 438 g/mol. The van der Waals surface area contributed by atoms with Crippen LogP contribution in [0, 0.1) is 0 Å². The maximum Gasteiger partial charge on any atom is 0.269 e. The molecule has 23 heavy (non-hydrogen) atoms. The van der Waals surface area contributed by atoms with Gasteiger partial charge < -0.3 is 10.4 Å². The van der Waals surface area contributed by atoms with Gasteiger partial charge in [-0.3, -0.25) is 0 Å². The van der Waals surface area contributed by atoms with Crippen molar-refractivity contribution in [2.75, 3.05) is 5.32 Å². The molecule has 0 amide bonds. The van der Waals surface area contributed by atoms with Crippen LogP contribution in [0.25, 0.3) is 0 Å². The second-order valence-corrected chi connectivity index (χ2v) is 6.17.